The average molecular weight is 319 g/mol. The highest BCUT2D eigenvalue weighted by Gasteiger charge is 2.09. The summed E-state index contributed by atoms with van der Waals surface area (Å²) in [5, 5.41) is 0. The minimum atomic E-state index is -0.207. The maximum atomic E-state index is 12.9. The molecule has 0 amide bonds. The Bertz CT molecular complexity index is 338. The average Bonchev–Trinajstić information content (AvgIpc) is 2.17. The van der Waals surface area contributed by atoms with Gasteiger partial charge in [-0.2, -0.15) is 0 Å². The molecule has 1 unspecified atom stereocenters. The van der Waals surface area contributed by atoms with Gasteiger partial charge in [-0.25, -0.2) is 4.39 Å². The highest BCUT2D eigenvalue weighted by Crippen LogP contribution is 2.23. The highest BCUT2D eigenvalue weighted by atomic mass is 127. The van der Waals surface area contributed by atoms with E-state index in [1.54, 1.807) is 6.07 Å². The minimum Gasteiger partial charge on any atom is -0.324 e. The first-order valence-corrected chi connectivity index (χ1v) is 6.04. The van der Waals surface area contributed by atoms with Crippen LogP contribution in [-0.2, 0) is 0 Å². The van der Waals surface area contributed by atoms with E-state index in [0.29, 0.717) is 0 Å². The largest absolute Gasteiger partial charge is 0.324 e. The van der Waals surface area contributed by atoms with Crippen LogP contribution >= 0.6 is 22.6 Å². The molecule has 3 heteroatoms. The summed E-state index contributed by atoms with van der Waals surface area (Å²) in [5.41, 5.74) is 7.05. The van der Waals surface area contributed by atoms with Crippen LogP contribution in [-0.4, -0.2) is 0 Å². The molecule has 1 atom stereocenters. The van der Waals surface area contributed by atoms with E-state index >= 15 is 0 Å². The van der Waals surface area contributed by atoms with Gasteiger partial charge in [-0.3, -0.25) is 0 Å². The summed E-state index contributed by atoms with van der Waals surface area (Å²) in [7, 11) is 0. The second-order valence-electron chi connectivity index (χ2n) is 3.49. The van der Waals surface area contributed by atoms with E-state index in [0.717, 1.165) is 28.4 Å². The van der Waals surface area contributed by atoms with E-state index < -0.39 is 0 Å². The van der Waals surface area contributed by atoms with Crippen molar-refractivity contribution in [3.63, 3.8) is 0 Å². The van der Waals surface area contributed by atoms with E-state index in [1.807, 2.05) is 6.08 Å². The van der Waals surface area contributed by atoms with Gasteiger partial charge in [0, 0.05) is 9.61 Å². The van der Waals surface area contributed by atoms with Crippen molar-refractivity contribution in [2.75, 3.05) is 0 Å². The van der Waals surface area contributed by atoms with Crippen molar-refractivity contribution in [2.45, 2.75) is 25.3 Å². The number of nitrogens with two attached hydrogens (primary N) is 1. The van der Waals surface area contributed by atoms with Crippen molar-refractivity contribution in [3.05, 3.63) is 45.8 Å². The third kappa shape index (κ3) is 3.91. The first kappa shape index (κ1) is 12.6. The Balaban J connectivity index is 2.64. The van der Waals surface area contributed by atoms with Gasteiger partial charge < -0.3 is 5.73 Å². The number of benzene rings is 1. The van der Waals surface area contributed by atoms with Crippen LogP contribution in [0.2, 0.25) is 0 Å². The molecule has 1 rings (SSSR count). The third-order valence-corrected chi connectivity index (χ3v) is 3.22. The number of unbranched alkanes of at least 4 members (excludes halogenated alkanes) is 1. The van der Waals surface area contributed by atoms with Crippen LogP contribution < -0.4 is 5.73 Å². The van der Waals surface area contributed by atoms with Gasteiger partial charge in [-0.15, -0.1) is 6.58 Å². The maximum absolute atomic E-state index is 12.9. The SMILES string of the molecule is C=CCCCC(N)c1ccc(F)cc1I. The molecular weight excluding hydrogens is 304 g/mol. The molecule has 0 aliphatic heterocycles. The maximum Gasteiger partial charge on any atom is 0.124 e. The number of halogens is 2. The lowest BCUT2D eigenvalue weighted by Crippen LogP contribution is -2.11. The van der Waals surface area contributed by atoms with E-state index in [1.165, 1.54) is 12.1 Å². The zero-order valence-corrected chi connectivity index (χ0v) is 10.7. The zero-order valence-electron chi connectivity index (χ0n) is 8.55. The lowest BCUT2D eigenvalue weighted by molar-refractivity contribution is 0.603. The minimum absolute atomic E-state index is 0.00236. The van der Waals surface area contributed by atoms with Gasteiger partial charge in [0.25, 0.3) is 0 Å². The fraction of sp³-hybridized carbons (Fsp3) is 0.333. The lowest BCUT2D eigenvalue weighted by Gasteiger charge is -2.13. The molecular formula is C12H15FIN. The van der Waals surface area contributed by atoms with Gasteiger partial charge in [-0.1, -0.05) is 12.1 Å². The normalized spacial score (nSPS) is 12.5. The first-order chi connectivity index (χ1) is 7.15. The van der Waals surface area contributed by atoms with Gasteiger partial charge >= 0.3 is 0 Å². The van der Waals surface area contributed by atoms with Crippen molar-refractivity contribution >= 4 is 22.6 Å². The predicted octanol–water partition coefficient (Wildman–Crippen LogP) is 3.79. The van der Waals surface area contributed by atoms with Crippen LogP contribution in [0.1, 0.15) is 30.9 Å². The summed E-state index contributed by atoms with van der Waals surface area (Å²) in [6, 6.07) is 4.75. The van der Waals surface area contributed by atoms with Crippen molar-refractivity contribution < 1.29 is 4.39 Å². The second-order valence-corrected chi connectivity index (χ2v) is 4.65. The number of rotatable bonds is 5. The molecule has 0 fully saturated rings. The quantitative estimate of drug-likeness (QED) is 0.499. The molecule has 0 saturated heterocycles. The van der Waals surface area contributed by atoms with E-state index in [9.17, 15) is 4.39 Å². The Morgan fingerprint density at radius 1 is 1.53 bits per heavy atom. The summed E-state index contributed by atoms with van der Waals surface area (Å²) in [6.45, 7) is 3.67. The molecule has 0 bridgehead atoms. The van der Waals surface area contributed by atoms with Crippen LogP contribution in [0.25, 0.3) is 0 Å². The topological polar surface area (TPSA) is 26.0 Å². The Hall–Kier alpha value is -0.420. The number of allylic oxidation sites excluding steroid dienone is 1. The Morgan fingerprint density at radius 3 is 2.87 bits per heavy atom. The monoisotopic (exact) mass is 319 g/mol. The van der Waals surface area contributed by atoms with Gasteiger partial charge in [-0.05, 0) is 59.5 Å². The molecule has 0 saturated carbocycles. The van der Waals surface area contributed by atoms with Gasteiger partial charge in [0.05, 0.1) is 0 Å². The van der Waals surface area contributed by atoms with Gasteiger partial charge in [0.2, 0.25) is 0 Å². The predicted molar refractivity (Wildman–Crippen MR) is 70.1 cm³/mol. The molecule has 0 spiro atoms. The van der Waals surface area contributed by atoms with Crippen molar-refractivity contribution in [1.29, 1.82) is 0 Å². The summed E-state index contributed by atoms with van der Waals surface area (Å²) < 4.78 is 13.8. The molecule has 82 valence electrons. The Morgan fingerprint density at radius 2 is 2.27 bits per heavy atom. The van der Waals surface area contributed by atoms with E-state index in [2.05, 4.69) is 29.2 Å². The number of hydrogen-bond acceptors (Lipinski definition) is 1. The molecule has 0 aromatic heterocycles. The lowest BCUT2D eigenvalue weighted by atomic mass is 10.0. The van der Waals surface area contributed by atoms with Crippen LogP contribution in [0.15, 0.2) is 30.9 Å². The van der Waals surface area contributed by atoms with Crippen LogP contribution in [0, 0.1) is 9.39 Å². The van der Waals surface area contributed by atoms with Gasteiger partial charge in [0.1, 0.15) is 5.82 Å². The first-order valence-electron chi connectivity index (χ1n) is 4.96. The summed E-state index contributed by atoms with van der Waals surface area (Å²) in [6.07, 6.45) is 4.81. The molecule has 1 aromatic rings. The second kappa shape index (κ2) is 6.23. The number of hydrogen-bond donors (Lipinski definition) is 1. The zero-order chi connectivity index (χ0) is 11.3. The Kier molecular flexibility index (Phi) is 5.25. The third-order valence-electron chi connectivity index (χ3n) is 2.29. The smallest absolute Gasteiger partial charge is 0.124 e. The fourth-order valence-corrected chi connectivity index (χ4v) is 2.32. The molecule has 0 aliphatic carbocycles. The molecule has 0 heterocycles. The highest BCUT2D eigenvalue weighted by molar-refractivity contribution is 14.1. The molecule has 1 aromatic carbocycles. The van der Waals surface area contributed by atoms with E-state index in [-0.39, 0.29) is 11.9 Å². The molecule has 0 aliphatic rings. The van der Waals surface area contributed by atoms with Crippen LogP contribution in [0.4, 0.5) is 4.39 Å². The summed E-state index contributed by atoms with van der Waals surface area (Å²) in [4.78, 5) is 0. The van der Waals surface area contributed by atoms with E-state index in [4.69, 9.17) is 5.73 Å². The molecule has 0 radical (unpaired) electrons. The van der Waals surface area contributed by atoms with Crippen molar-refractivity contribution in [3.8, 4) is 0 Å². The summed E-state index contributed by atoms with van der Waals surface area (Å²) >= 11 is 2.12. The fourth-order valence-electron chi connectivity index (χ4n) is 1.44. The summed E-state index contributed by atoms with van der Waals surface area (Å²) in [5.74, 6) is -0.207. The van der Waals surface area contributed by atoms with Crippen LogP contribution in [0.5, 0.6) is 0 Å². The van der Waals surface area contributed by atoms with Crippen LogP contribution in [0.3, 0.4) is 0 Å². The van der Waals surface area contributed by atoms with Gasteiger partial charge in [0.15, 0.2) is 0 Å². The van der Waals surface area contributed by atoms with Crippen molar-refractivity contribution in [1.82, 2.24) is 0 Å². The molecule has 1 nitrogen and oxygen atoms in total. The Labute approximate surface area is 104 Å². The van der Waals surface area contributed by atoms with Crippen molar-refractivity contribution in [2.24, 2.45) is 5.73 Å². The molecule has 15 heavy (non-hydrogen) atoms. The standard InChI is InChI=1S/C12H15FIN/c1-2-3-4-5-12(15)10-7-6-9(13)8-11(10)14/h2,6-8,12H,1,3-5,15H2. The molecule has 2 N–H and O–H groups in total.